The Morgan fingerprint density at radius 3 is 2.53 bits per heavy atom. The van der Waals surface area contributed by atoms with Gasteiger partial charge in [0.15, 0.2) is 0 Å². The Kier molecular flexibility index (Phi) is 2.89. The molecule has 0 atom stereocenters. The van der Waals surface area contributed by atoms with Crippen molar-refractivity contribution >= 4 is 11.4 Å². The molecule has 100 valence electrons. The number of aromatic amines is 1. The molecule has 19 heavy (non-hydrogen) atoms. The third-order valence-corrected chi connectivity index (χ3v) is 2.46. The number of benzene rings is 1. The standard InChI is InChI=1S/C10H7F3N4O2/c11-10(12,13)5-1-2-6(8(3-5)17(18)19)9-7(14)4-15-16-9/h1-4H,14H2,(H,15,16). The number of aromatic nitrogens is 2. The highest BCUT2D eigenvalue weighted by Crippen LogP contribution is 2.37. The van der Waals surface area contributed by atoms with Gasteiger partial charge in [0.25, 0.3) is 5.69 Å². The van der Waals surface area contributed by atoms with Gasteiger partial charge in [0.1, 0.15) is 0 Å². The summed E-state index contributed by atoms with van der Waals surface area (Å²) in [7, 11) is 0. The van der Waals surface area contributed by atoms with Crippen LogP contribution in [0.3, 0.4) is 0 Å². The Balaban J connectivity index is 2.64. The van der Waals surface area contributed by atoms with Crippen LogP contribution < -0.4 is 5.73 Å². The molecule has 0 aliphatic carbocycles. The van der Waals surface area contributed by atoms with Crippen LogP contribution in [0.4, 0.5) is 24.5 Å². The first-order valence-electron chi connectivity index (χ1n) is 4.95. The Bertz CT molecular complexity index is 636. The summed E-state index contributed by atoms with van der Waals surface area (Å²) in [6.45, 7) is 0. The first-order chi connectivity index (χ1) is 8.80. The van der Waals surface area contributed by atoms with Crippen molar-refractivity contribution in [3.8, 4) is 11.3 Å². The summed E-state index contributed by atoms with van der Waals surface area (Å²) in [6.07, 6.45) is -3.43. The molecule has 0 fully saturated rings. The molecule has 0 spiro atoms. The summed E-state index contributed by atoms with van der Waals surface area (Å²) in [5, 5.41) is 16.9. The highest BCUT2D eigenvalue weighted by atomic mass is 19.4. The van der Waals surface area contributed by atoms with E-state index in [2.05, 4.69) is 10.2 Å². The maximum atomic E-state index is 12.5. The molecule has 2 aromatic rings. The number of halogens is 3. The quantitative estimate of drug-likeness (QED) is 0.648. The minimum atomic E-state index is -4.65. The zero-order valence-electron chi connectivity index (χ0n) is 9.23. The molecule has 0 amide bonds. The lowest BCUT2D eigenvalue weighted by Gasteiger charge is -2.08. The lowest BCUT2D eigenvalue weighted by molar-refractivity contribution is -0.384. The maximum absolute atomic E-state index is 12.5. The van der Waals surface area contributed by atoms with Gasteiger partial charge in [-0.25, -0.2) is 0 Å². The predicted octanol–water partition coefficient (Wildman–Crippen LogP) is 2.59. The molecule has 0 saturated heterocycles. The summed E-state index contributed by atoms with van der Waals surface area (Å²) in [5.41, 5.74) is 3.92. The van der Waals surface area contributed by atoms with Gasteiger partial charge in [-0.1, -0.05) is 0 Å². The zero-order valence-corrected chi connectivity index (χ0v) is 9.23. The van der Waals surface area contributed by atoms with Crippen LogP contribution in [0.5, 0.6) is 0 Å². The van der Waals surface area contributed by atoms with Crippen LogP contribution >= 0.6 is 0 Å². The number of nitrogens with two attached hydrogens (primary N) is 1. The maximum Gasteiger partial charge on any atom is 0.416 e. The van der Waals surface area contributed by atoms with E-state index in [4.69, 9.17) is 5.73 Å². The normalized spacial score (nSPS) is 11.5. The highest BCUT2D eigenvalue weighted by molar-refractivity contribution is 5.79. The Morgan fingerprint density at radius 2 is 2.05 bits per heavy atom. The SMILES string of the molecule is Nc1cn[nH]c1-c1ccc(C(F)(F)F)cc1[N+](=O)[O-]. The number of hydrogen-bond acceptors (Lipinski definition) is 4. The number of nitrogens with zero attached hydrogens (tertiary/aromatic N) is 2. The van der Waals surface area contributed by atoms with Crippen LogP contribution in [0, 0.1) is 10.1 Å². The number of rotatable bonds is 2. The van der Waals surface area contributed by atoms with E-state index < -0.39 is 22.4 Å². The van der Waals surface area contributed by atoms with E-state index in [-0.39, 0.29) is 16.9 Å². The number of alkyl halides is 3. The molecule has 0 radical (unpaired) electrons. The first-order valence-corrected chi connectivity index (χ1v) is 4.95. The molecule has 0 unspecified atom stereocenters. The topological polar surface area (TPSA) is 97.8 Å². The van der Waals surface area contributed by atoms with Crippen LogP contribution in [0.2, 0.25) is 0 Å². The van der Waals surface area contributed by atoms with Crippen LogP contribution in [0.1, 0.15) is 5.56 Å². The van der Waals surface area contributed by atoms with Gasteiger partial charge in [-0.05, 0) is 12.1 Å². The van der Waals surface area contributed by atoms with Gasteiger partial charge in [-0.2, -0.15) is 18.3 Å². The summed E-state index contributed by atoms with van der Waals surface area (Å²) >= 11 is 0. The number of anilines is 1. The largest absolute Gasteiger partial charge is 0.416 e. The van der Waals surface area contributed by atoms with Gasteiger partial charge in [0, 0.05) is 6.07 Å². The van der Waals surface area contributed by atoms with Crippen LogP contribution in [0.25, 0.3) is 11.3 Å². The van der Waals surface area contributed by atoms with Gasteiger partial charge in [-0.3, -0.25) is 15.2 Å². The fraction of sp³-hybridized carbons (Fsp3) is 0.100. The van der Waals surface area contributed by atoms with Crippen molar-refractivity contribution in [3.63, 3.8) is 0 Å². The fourth-order valence-electron chi connectivity index (χ4n) is 1.58. The number of nitro groups is 1. The van der Waals surface area contributed by atoms with Gasteiger partial charge >= 0.3 is 6.18 Å². The molecule has 6 nitrogen and oxygen atoms in total. The van der Waals surface area contributed by atoms with E-state index in [1.54, 1.807) is 0 Å². The van der Waals surface area contributed by atoms with E-state index in [0.717, 1.165) is 12.1 Å². The van der Waals surface area contributed by atoms with E-state index in [1.807, 2.05) is 0 Å². The average molecular weight is 272 g/mol. The number of H-pyrrole nitrogens is 1. The molecule has 1 heterocycles. The second-order valence-electron chi connectivity index (χ2n) is 3.69. The summed E-state index contributed by atoms with van der Waals surface area (Å²) in [5.74, 6) is 0. The predicted molar refractivity (Wildman–Crippen MR) is 60.1 cm³/mol. The second kappa shape index (κ2) is 4.26. The van der Waals surface area contributed by atoms with E-state index >= 15 is 0 Å². The third-order valence-electron chi connectivity index (χ3n) is 2.46. The molecular formula is C10H7F3N4O2. The van der Waals surface area contributed by atoms with Crippen LogP contribution in [-0.4, -0.2) is 15.1 Å². The van der Waals surface area contributed by atoms with Crippen molar-refractivity contribution in [1.29, 1.82) is 0 Å². The van der Waals surface area contributed by atoms with Gasteiger partial charge in [-0.15, -0.1) is 0 Å². The van der Waals surface area contributed by atoms with Crippen molar-refractivity contribution in [2.45, 2.75) is 6.18 Å². The number of nitro benzene ring substituents is 1. The van der Waals surface area contributed by atoms with E-state index in [0.29, 0.717) is 6.07 Å². The molecule has 0 aliphatic heterocycles. The molecule has 0 saturated carbocycles. The van der Waals surface area contributed by atoms with Crippen LogP contribution in [-0.2, 0) is 6.18 Å². The Morgan fingerprint density at radius 1 is 1.37 bits per heavy atom. The first kappa shape index (κ1) is 12.9. The minimum absolute atomic E-state index is 0.0481. The third kappa shape index (κ3) is 2.34. The van der Waals surface area contributed by atoms with Crippen molar-refractivity contribution in [2.75, 3.05) is 5.73 Å². The van der Waals surface area contributed by atoms with Gasteiger partial charge in [0.2, 0.25) is 0 Å². The lowest BCUT2D eigenvalue weighted by Crippen LogP contribution is -2.06. The molecular weight excluding hydrogens is 265 g/mol. The van der Waals surface area contributed by atoms with Gasteiger partial charge < -0.3 is 5.73 Å². The number of nitrogens with one attached hydrogen (secondary N) is 1. The molecule has 2 rings (SSSR count). The lowest BCUT2D eigenvalue weighted by atomic mass is 10.1. The van der Waals surface area contributed by atoms with Gasteiger partial charge in [0.05, 0.1) is 33.6 Å². The molecule has 9 heteroatoms. The molecule has 1 aromatic heterocycles. The van der Waals surface area contributed by atoms with Crippen LogP contribution in [0.15, 0.2) is 24.4 Å². The summed E-state index contributed by atoms with van der Waals surface area (Å²) in [4.78, 5) is 9.97. The van der Waals surface area contributed by atoms with E-state index in [9.17, 15) is 23.3 Å². The Labute approximate surface area is 104 Å². The molecule has 1 aromatic carbocycles. The number of hydrogen-bond donors (Lipinski definition) is 2. The zero-order chi connectivity index (χ0) is 14.2. The summed E-state index contributed by atoms with van der Waals surface area (Å²) in [6, 6.07) is 2.21. The van der Waals surface area contributed by atoms with E-state index in [1.165, 1.54) is 6.20 Å². The van der Waals surface area contributed by atoms with Crippen molar-refractivity contribution in [2.24, 2.45) is 0 Å². The number of nitrogen functional groups attached to an aromatic ring is 1. The Hall–Kier alpha value is -2.58. The molecule has 3 N–H and O–H groups in total. The molecule has 0 aliphatic rings. The van der Waals surface area contributed by atoms with Crippen molar-refractivity contribution in [1.82, 2.24) is 10.2 Å². The summed E-state index contributed by atoms with van der Waals surface area (Å²) < 4.78 is 37.6. The minimum Gasteiger partial charge on any atom is -0.396 e. The van der Waals surface area contributed by atoms with Crippen molar-refractivity contribution in [3.05, 3.63) is 40.1 Å². The second-order valence-corrected chi connectivity index (χ2v) is 3.69. The molecule has 0 bridgehead atoms. The van der Waals surface area contributed by atoms with Crippen molar-refractivity contribution < 1.29 is 18.1 Å². The monoisotopic (exact) mass is 272 g/mol. The fourth-order valence-corrected chi connectivity index (χ4v) is 1.58. The highest BCUT2D eigenvalue weighted by Gasteiger charge is 2.33. The smallest absolute Gasteiger partial charge is 0.396 e. The average Bonchev–Trinajstić information content (AvgIpc) is 2.73.